The van der Waals surface area contributed by atoms with Crippen molar-refractivity contribution in [2.45, 2.75) is 0 Å². The van der Waals surface area contributed by atoms with Crippen LogP contribution in [0.4, 0.5) is 3.50 Å². The van der Waals surface area contributed by atoms with Crippen LogP contribution in [0.25, 0.3) is 0 Å². The van der Waals surface area contributed by atoms with Gasteiger partial charge in [0.2, 0.25) is 0 Å². The second-order valence-corrected chi connectivity index (χ2v) is 21.7. The van der Waals surface area contributed by atoms with E-state index in [0.717, 1.165) is 23.8 Å². The second kappa shape index (κ2) is 14.1. The molecule has 0 saturated heterocycles. The molecule has 0 unspecified atom stereocenters. The van der Waals surface area contributed by atoms with Gasteiger partial charge in [0.1, 0.15) is 0 Å². The quantitative estimate of drug-likeness (QED) is 0.126. The summed E-state index contributed by atoms with van der Waals surface area (Å²) in [4.78, 5) is 0. The summed E-state index contributed by atoms with van der Waals surface area (Å²) >= 11 is -4.85. The third-order valence-electron chi connectivity index (χ3n) is 8.26. The Balaban J connectivity index is 1.53. The molecule has 4 heteroatoms. The van der Waals surface area contributed by atoms with Crippen molar-refractivity contribution < 1.29 is 3.50 Å². The number of hydrogen-bond donors (Lipinski definition) is 0. The summed E-state index contributed by atoms with van der Waals surface area (Å²) in [6.07, 6.45) is 0. The van der Waals surface area contributed by atoms with Gasteiger partial charge in [-0.25, -0.2) is 0 Å². The Kier molecular flexibility index (Phi) is 9.36. The van der Waals surface area contributed by atoms with Gasteiger partial charge in [-0.05, 0) is 0 Å². The first-order chi connectivity index (χ1) is 22.7. The average Bonchev–Trinajstić information content (AvgIpc) is 3.14. The van der Waals surface area contributed by atoms with Crippen molar-refractivity contribution in [3.8, 4) is 0 Å². The minimum absolute atomic E-state index is 0.814. The summed E-state index contributed by atoms with van der Waals surface area (Å²) in [6, 6.07) is 69.4. The van der Waals surface area contributed by atoms with E-state index >= 15 is 3.50 Å². The number of hydrogen-bond acceptors (Lipinski definition) is 0. The van der Waals surface area contributed by atoms with E-state index in [1.807, 2.05) is 42.5 Å². The van der Waals surface area contributed by atoms with Crippen molar-refractivity contribution in [3.63, 3.8) is 0 Å². The maximum atomic E-state index is 19.5. The molecule has 0 fully saturated rings. The molecule has 0 aliphatic carbocycles. The zero-order valence-electron chi connectivity index (χ0n) is 25.3. The van der Waals surface area contributed by atoms with E-state index in [-0.39, 0.29) is 0 Å². The van der Waals surface area contributed by atoms with Crippen molar-refractivity contribution in [1.29, 1.82) is 0 Å². The molecule has 0 heterocycles. The topological polar surface area (TPSA) is 0 Å². The number of halogens is 1. The summed E-state index contributed by atoms with van der Waals surface area (Å²) in [7, 11) is -2.02. The van der Waals surface area contributed by atoms with Gasteiger partial charge in [0.25, 0.3) is 0 Å². The first-order valence-electron chi connectivity index (χ1n) is 15.5. The van der Waals surface area contributed by atoms with Crippen molar-refractivity contribution in [3.05, 3.63) is 200 Å². The Morgan fingerprint density at radius 3 is 0.891 bits per heavy atom. The van der Waals surface area contributed by atoms with Crippen molar-refractivity contribution in [2.75, 3.05) is 0 Å². The Morgan fingerprint density at radius 1 is 0.304 bits per heavy atom. The van der Waals surface area contributed by atoms with E-state index in [1.165, 1.54) is 21.2 Å². The van der Waals surface area contributed by atoms with Gasteiger partial charge < -0.3 is 0 Å². The molecular formula is C42H33FGeP2. The van der Waals surface area contributed by atoms with Gasteiger partial charge in [-0.3, -0.25) is 0 Å². The van der Waals surface area contributed by atoms with Crippen molar-refractivity contribution >= 4 is 74.6 Å². The molecule has 0 aromatic heterocycles. The Morgan fingerprint density at radius 2 is 0.565 bits per heavy atom. The van der Waals surface area contributed by atoms with Crippen molar-refractivity contribution in [2.24, 2.45) is 0 Å². The molecule has 7 aromatic rings. The van der Waals surface area contributed by atoms with E-state index in [9.17, 15) is 0 Å². The van der Waals surface area contributed by atoms with Gasteiger partial charge in [-0.1, -0.05) is 0 Å². The van der Waals surface area contributed by atoms with Crippen LogP contribution in [0.3, 0.4) is 0 Å². The predicted molar refractivity (Wildman–Crippen MR) is 203 cm³/mol. The van der Waals surface area contributed by atoms with Gasteiger partial charge in [-0.2, -0.15) is 0 Å². The molecule has 46 heavy (non-hydrogen) atoms. The maximum absolute atomic E-state index is 19.5. The molecule has 0 aliphatic rings. The van der Waals surface area contributed by atoms with Crippen LogP contribution in [0.1, 0.15) is 0 Å². The van der Waals surface area contributed by atoms with Crippen LogP contribution in [-0.2, 0) is 0 Å². The summed E-state index contributed by atoms with van der Waals surface area (Å²) in [5.74, 6) is 0. The number of rotatable bonds is 9. The van der Waals surface area contributed by atoms with Crippen molar-refractivity contribution in [1.82, 2.24) is 0 Å². The standard InChI is InChI=1S/C42H33FGeP2/c43-44(34-20-6-1-7-21-34,39-30-16-18-32-41(39)45(35-22-8-2-9-23-35)36-24-10-3-11-25-36)40-31-17-19-33-42(40)46(37-26-12-4-13-27-37)38-28-14-5-15-29-38/h1-33H. The van der Waals surface area contributed by atoms with Crippen LogP contribution in [0.5, 0.6) is 0 Å². The van der Waals surface area contributed by atoms with E-state index in [2.05, 4.69) is 158 Å². The molecular weight excluding hydrogens is 658 g/mol. The van der Waals surface area contributed by atoms with Crippen LogP contribution in [0.15, 0.2) is 200 Å². The third kappa shape index (κ3) is 6.04. The molecule has 7 rings (SSSR count). The molecule has 0 atom stereocenters. The summed E-state index contributed by atoms with van der Waals surface area (Å²) in [5, 5.41) is 7.08. The summed E-state index contributed by atoms with van der Waals surface area (Å²) < 4.78 is 22.1. The molecule has 0 saturated carbocycles. The Bertz CT molecular complexity index is 1800. The van der Waals surface area contributed by atoms with Gasteiger partial charge >= 0.3 is 278 Å². The van der Waals surface area contributed by atoms with Crippen LogP contribution in [0.2, 0.25) is 0 Å². The third-order valence-corrected chi connectivity index (χ3v) is 21.5. The predicted octanol–water partition coefficient (Wildman–Crippen LogP) is 6.14. The van der Waals surface area contributed by atoms with Gasteiger partial charge in [-0.15, -0.1) is 0 Å². The Hall–Kier alpha value is -4.13. The van der Waals surface area contributed by atoms with Crippen LogP contribution in [0, 0.1) is 0 Å². The average molecular weight is 691 g/mol. The molecule has 0 aliphatic heterocycles. The monoisotopic (exact) mass is 692 g/mol. The fourth-order valence-corrected chi connectivity index (χ4v) is 20.4. The van der Waals surface area contributed by atoms with E-state index in [4.69, 9.17) is 0 Å². The first-order valence-corrected chi connectivity index (χ1v) is 22.1. The minimum atomic E-state index is -4.85. The zero-order valence-corrected chi connectivity index (χ0v) is 29.2. The Labute approximate surface area is 277 Å². The van der Waals surface area contributed by atoms with E-state index in [1.54, 1.807) is 0 Å². The van der Waals surface area contributed by atoms with Crippen LogP contribution < -0.4 is 45.0 Å². The van der Waals surface area contributed by atoms with Crippen LogP contribution in [-0.4, -0.2) is 13.7 Å². The van der Waals surface area contributed by atoms with Crippen LogP contribution >= 0.6 is 15.8 Å². The molecule has 222 valence electrons. The molecule has 7 aromatic carbocycles. The normalized spacial score (nSPS) is 11.5. The van der Waals surface area contributed by atoms with E-state index in [0.29, 0.717) is 0 Å². The summed E-state index contributed by atoms with van der Waals surface area (Å²) in [6.45, 7) is 0. The fourth-order valence-electron chi connectivity index (χ4n) is 6.21. The van der Waals surface area contributed by atoms with Gasteiger partial charge in [0.15, 0.2) is 0 Å². The van der Waals surface area contributed by atoms with Gasteiger partial charge in [0.05, 0.1) is 0 Å². The fraction of sp³-hybridized carbons (Fsp3) is 0. The number of benzene rings is 7. The molecule has 0 nitrogen and oxygen atoms in total. The molecule has 0 N–H and O–H groups in total. The zero-order chi connectivity index (χ0) is 31.2. The van der Waals surface area contributed by atoms with E-state index < -0.39 is 29.6 Å². The molecule has 0 radical (unpaired) electrons. The SMILES string of the molecule is [F][Ge]([c]1ccccc1)([c]1ccccc1P(c1ccccc1)c1ccccc1)[c]1ccccc1P(c1ccccc1)c1ccccc1. The van der Waals surface area contributed by atoms with Gasteiger partial charge in [0, 0.05) is 0 Å². The first kappa shape index (κ1) is 30.5. The summed E-state index contributed by atoms with van der Waals surface area (Å²) in [5.41, 5.74) is 0. The molecule has 0 bridgehead atoms. The second-order valence-electron chi connectivity index (χ2n) is 11.1. The molecule has 0 amide bonds. The molecule has 0 spiro atoms.